The Morgan fingerprint density at radius 1 is 1.24 bits per heavy atom. The van der Waals surface area contributed by atoms with E-state index in [1.54, 1.807) is 48.4 Å². The molecule has 1 aromatic carbocycles. The van der Waals surface area contributed by atoms with Crippen molar-refractivity contribution in [3.63, 3.8) is 0 Å². The summed E-state index contributed by atoms with van der Waals surface area (Å²) in [5, 5.41) is 3.37. The van der Waals surface area contributed by atoms with Crippen LogP contribution < -0.4 is 21.1 Å². The molecule has 1 fully saturated rings. The molecule has 4 atom stereocenters. The molecule has 13 nitrogen and oxygen atoms in total. The van der Waals surface area contributed by atoms with Crippen molar-refractivity contribution in [3.05, 3.63) is 48.8 Å². The van der Waals surface area contributed by atoms with Crippen LogP contribution in [0.3, 0.4) is 0 Å². The average molecular weight is 604 g/mol. The number of nitrogens with zero attached hydrogens (tertiary/aromatic N) is 4. The predicted octanol–water partition coefficient (Wildman–Crippen LogP) is 4.12. The van der Waals surface area contributed by atoms with E-state index in [-0.39, 0.29) is 30.3 Å². The van der Waals surface area contributed by atoms with Gasteiger partial charge >= 0.3 is 13.8 Å². The molecule has 2 aliphatic rings. The second-order valence-corrected chi connectivity index (χ2v) is 12.3. The Hall–Kier alpha value is -3.16. The van der Waals surface area contributed by atoms with Gasteiger partial charge in [0.2, 0.25) is 5.95 Å². The van der Waals surface area contributed by atoms with E-state index in [9.17, 15) is 9.36 Å². The second-order valence-electron chi connectivity index (χ2n) is 9.83. The lowest BCUT2D eigenvalue weighted by Gasteiger charge is -2.22. The molecule has 2 aromatic heterocycles. The number of aromatic nitrogens is 4. The van der Waals surface area contributed by atoms with Gasteiger partial charge < -0.3 is 29.5 Å². The number of carbonyl (C=O) groups excluding carboxylic acids is 1. The fraction of sp³-hybridized carbons (Fsp3) is 0.462. The van der Waals surface area contributed by atoms with Gasteiger partial charge in [0.15, 0.2) is 17.0 Å². The number of benzene rings is 1. The smallest absolute Gasteiger partial charge is 0.395 e. The number of nitrogens with two attached hydrogens (primary N) is 1. The summed E-state index contributed by atoms with van der Waals surface area (Å²) in [6.07, 6.45) is 10.8. The number of hydroxylamine groups is 1. The number of phosphoric acid groups is 1. The van der Waals surface area contributed by atoms with E-state index in [1.165, 1.54) is 7.11 Å². The zero-order chi connectivity index (χ0) is 28.8. The zero-order valence-corrected chi connectivity index (χ0v) is 24.6. The molecule has 0 saturated heterocycles. The van der Waals surface area contributed by atoms with Crippen molar-refractivity contribution in [1.29, 1.82) is 0 Å². The highest BCUT2D eigenvalue weighted by atomic mass is 32.2. The number of anilines is 2. The van der Waals surface area contributed by atoms with Crippen LogP contribution in [0.5, 0.6) is 5.75 Å². The molecule has 1 unspecified atom stereocenters. The van der Waals surface area contributed by atoms with E-state index in [1.807, 2.05) is 23.0 Å². The van der Waals surface area contributed by atoms with Crippen molar-refractivity contribution in [3.8, 4) is 5.75 Å². The standard InChI is InChI=1S/C26H34N7O6PS/c1-36-32-21(12-13-41-2)25(34)39-40(35,38-20-6-4-3-5-7-20)37-15-17-8-11-19(14-17)33-16-28-22-23(29-18-9-10-18)30-26(27)31-24(22)33/h3-8,11,16-19,21,32H,9-10,12-15H2,1-2H3,(H3,27,29,30,31)/t17-,19+,21+,40?/m1/s1. The number of allylic oxidation sites excluding steroid dienone is 1. The lowest BCUT2D eigenvalue weighted by atomic mass is 10.1. The van der Waals surface area contributed by atoms with E-state index in [0.29, 0.717) is 41.6 Å². The summed E-state index contributed by atoms with van der Waals surface area (Å²) in [5.74, 6) is 0.780. The summed E-state index contributed by atoms with van der Waals surface area (Å²) in [7, 11) is -2.95. The summed E-state index contributed by atoms with van der Waals surface area (Å²) in [4.78, 5) is 31.2. The molecule has 0 radical (unpaired) electrons. The number of imidazole rings is 1. The van der Waals surface area contributed by atoms with Gasteiger partial charge in [-0.25, -0.2) is 14.3 Å². The molecule has 41 heavy (non-hydrogen) atoms. The predicted molar refractivity (Wildman–Crippen MR) is 156 cm³/mol. The van der Waals surface area contributed by atoms with Crippen LogP contribution in [-0.4, -0.2) is 63.3 Å². The van der Waals surface area contributed by atoms with Crippen molar-refractivity contribution in [2.45, 2.75) is 43.8 Å². The van der Waals surface area contributed by atoms with Gasteiger partial charge in [0.1, 0.15) is 11.8 Å². The minimum atomic E-state index is -4.35. The van der Waals surface area contributed by atoms with E-state index in [0.717, 1.165) is 12.8 Å². The van der Waals surface area contributed by atoms with Crippen LogP contribution >= 0.6 is 19.6 Å². The minimum absolute atomic E-state index is 0.00415. The SMILES string of the molecule is CON[C@@H](CCSC)C(=O)OP(=O)(OC[C@@H]1C=C[C@H](n2cnc3c(NC4CC4)nc(N)nc32)C1)Oc1ccccc1. The van der Waals surface area contributed by atoms with Crippen LogP contribution in [0.2, 0.25) is 0 Å². The number of hydrogen-bond donors (Lipinski definition) is 3. The van der Waals surface area contributed by atoms with Crippen LogP contribution in [0.4, 0.5) is 11.8 Å². The maximum Gasteiger partial charge on any atom is 0.589 e. The first-order chi connectivity index (χ1) is 19.9. The van der Waals surface area contributed by atoms with E-state index in [2.05, 4.69) is 25.7 Å². The molecule has 3 aromatic rings. The Labute approximate surface area is 242 Å². The molecular weight excluding hydrogens is 569 g/mol. The average Bonchev–Trinajstić information content (AvgIpc) is 3.47. The summed E-state index contributed by atoms with van der Waals surface area (Å²) in [6.45, 7) is -0.00415. The van der Waals surface area contributed by atoms with Crippen LogP contribution in [0.25, 0.3) is 11.2 Å². The number of hydrogen-bond acceptors (Lipinski definition) is 13. The first kappa shape index (κ1) is 29.3. The molecule has 5 rings (SSSR count). The lowest BCUT2D eigenvalue weighted by molar-refractivity contribution is -0.142. The third-order valence-electron chi connectivity index (χ3n) is 6.63. The second kappa shape index (κ2) is 13.2. The van der Waals surface area contributed by atoms with Crippen molar-refractivity contribution in [2.75, 3.05) is 36.8 Å². The largest absolute Gasteiger partial charge is 0.589 e. The number of nitrogen functional groups attached to an aromatic ring is 1. The maximum absolute atomic E-state index is 13.7. The number of para-hydroxylation sites is 1. The Bertz CT molecular complexity index is 1420. The topological polar surface area (TPSA) is 165 Å². The molecule has 0 aliphatic heterocycles. The van der Waals surface area contributed by atoms with Crippen molar-refractivity contribution in [1.82, 2.24) is 25.0 Å². The van der Waals surface area contributed by atoms with Crippen LogP contribution in [-0.2, 0) is 23.2 Å². The summed E-state index contributed by atoms with van der Waals surface area (Å²) < 4.78 is 32.4. The first-order valence-corrected chi connectivity index (χ1v) is 16.2. The van der Waals surface area contributed by atoms with E-state index in [4.69, 9.17) is 24.1 Å². The van der Waals surface area contributed by atoms with Gasteiger partial charge in [-0.3, -0.25) is 4.52 Å². The molecule has 1 saturated carbocycles. The monoisotopic (exact) mass is 603 g/mol. The Morgan fingerprint density at radius 3 is 2.78 bits per heavy atom. The molecule has 2 aliphatic carbocycles. The van der Waals surface area contributed by atoms with Crippen LogP contribution in [0, 0.1) is 5.92 Å². The van der Waals surface area contributed by atoms with E-state index >= 15 is 0 Å². The summed E-state index contributed by atoms with van der Waals surface area (Å²) in [6, 6.07) is 7.90. The highest BCUT2D eigenvalue weighted by Gasteiger charge is 2.38. The molecule has 0 bridgehead atoms. The number of thioether (sulfide) groups is 1. The normalized spacial score (nSPS) is 20.5. The third kappa shape index (κ3) is 7.57. The molecule has 0 amide bonds. The Kier molecular flexibility index (Phi) is 9.46. The van der Waals surface area contributed by atoms with Gasteiger partial charge in [0.25, 0.3) is 0 Å². The molecule has 220 valence electrons. The van der Waals surface area contributed by atoms with Gasteiger partial charge in [0, 0.05) is 12.0 Å². The third-order valence-corrected chi connectivity index (χ3v) is 8.58. The van der Waals surface area contributed by atoms with Gasteiger partial charge in [0.05, 0.1) is 26.1 Å². The number of carbonyl (C=O) groups is 1. The molecule has 0 spiro atoms. The Morgan fingerprint density at radius 2 is 2.05 bits per heavy atom. The van der Waals surface area contributed by atoms with Crippen molar-refractivity contribution >= 4 is 48.5 Å². The van der Waals surface area contributed by atoms with Crippen molar-refractivity contribution < 1.29 is 27.8 Å². The van der Waals surface area contributed by atoms with Gasteiger partial charge in [-0.05, 0) is 49.8 Å². The zero-order valence-electron chi connectivity index (χ0n) is 22.8. The summed E-state index contributed by atoms with van der Waals surface area (Å²) in [5.41, 5.74) is 9.88. The van der Waals surface area contributed by atoms with Crippen molar-refractivity contribution in [2.24, 2.45) is 5.92 Å². The number of phosphoric ester groups is 1. The van der Waals surface area contributed by atoms with E-state index < -0.39 is 19.8 Å². The fourth-order valence-electron chi connectivity index (χ4n) is 4.43. The quantitative estimate of drug-likeness (QED) is 0.129. The minimum Gasteiger partial charge on any atom is -0.395 e. The highest BCUT2D eigenvalue weighted by molar-refractivity contribution is 7.98. The van der Waals surface area contributed by atoms with Gasteiger partial charge in [-0.2, -0.15) is 27.2 Å². The van der Waals surface area contributed by atoms with Crippen LogP contribution in [0.1, 0.15) is 31.7 Å². The first-order valence-electron chi connectivity index (χ1n) is 13.3. The molecule has 2 heterocycles. The highest BCUT2D eigenvalue weighted by Crippen LogP contribution is 2.51. The molecule has 4 N–H and O–H groups in total. The number of rotatable bonds is 15. The fourth-order valence-corrected chi connectivity index (χ4v) is 6.14. The van der Waals surface area contributed by atoms with Gasteiger partial charge in [-0.1, -0.05) is 30.4 Å². The molecular formula is C26H34N7O6PS. The van der Waals surface area contributed by atoms with Gasteiger partial charge in [-0.15, -0.1) is 0 Å². The summed E-state index contributed by atoms with van der Waals surface area (Å²) >= 11 is 1.56. The number of nitrogens with one attached hydrogen (secondary N) is 2. The number of fused-ring (bicyclic) bond motifs is 1. The van der Waals surface area contributed by atoms with Crippen LogP contribution in [0.15, 0.2) is 48.8 Å². The molecule has 15 heteroatoms. The Balaban J connectivity index is 1.27. The maximum atomic E-state index is 13.7. The lowest BCUT2D eigenvalue weighted by Crippen LogP contribution is -2.37.